The first-order valence-electron chi connectivity index (χ1n) is 12.0. The summed E-state index contributed by atoms with van der Waals surface area (Å²) >= 11 is 0. The van der Waals surface area contributed by atoms with E-state index >= 15 is 0 Å². The second-order valence-corrected chi connectivity index (χ2v) is 10.6. The van der Waals surface area contributed by atoms with Crippen LogP contribution in [0.3, 0.4) is 0 Å². The third-order valence-electron chi connectivity index (χ3n) is 6.15. The Morgan fingerprint density at radius 1 is 0.718 bits per heavy atom. The molecular weight excluding hydrogens is 525 g/mol. The predicted molar refractivity (Wildman–Crippen MR) is 145 cm³/mol. The van der Waals surface area contributed by atoms with Gasteiger partial charge >= 0.3 is 15.6 Å². The molecule has 0 radical (unpaired) electrons. The summed E-state index contributed by atoms with van der Waals surface area (Å²) in [5, 5.41) is 0. The van der Waals surface area contributed by atoms with Crippen LogP contribution >= 0.6 is 0 Å². The van der Waals surface area contributed by atoms with Crippen molar-refractivity contribution in [2.45, 2.75) is 19.4 Å². The van der Waals surface area contributed by atoms with Crippen molar-refractivity contribution in [3.05, 3.63) is 114 Å². The van der Waals surface area contributed by atoms with Gasteiger partial charge < -0.3 is 4.18 Å². The summed E-state index contributed by atoms with van der Waals surface area (Å²) in [6.45, 7) is 3.94. The average molecular weight is 549 g/mol. The largest absolute Gasteiger partial charge is 0.534 e. The van der Waals surface area contributed by atoms with Gasteiger partial charge in [-0.3, -0.25) is 4.57 Å². The highest BCUT2D eigenvalue weighted by atomic mass is 32.2. The maximum Gasteiger partial charge on any atom is 0.534 e. The molecule has 0 spiro atoms. The Morgan fingerprint density at radius 2 is 1.26 bits per heavy atom. The van der Waals surface area contributed by atoms with Gasteiger partial charge in [0.2, 0.25) is 0 Å². The fraction of sp³-hybridized carbons (Fsp3) is 0.100. The van der Waals surface area contributed by atoms with Crippen molar-refractivity contribution in [2.75, 3.05) is 0 Å². The second-order valence-electron chi connectivity index (χ2n) is 9.01. The Kier molecular flexibility index (Phi) is 6.78. The van der Waals surface area contributed by atoms with Gasteiger partial charge in [0.15, 0.2) is 5.75 Å². The minimum atomic E-state index is -5.91. The first-order chi connectivity index (χ1) is 18.5. The zero-order chi connectivity index (χ0) is 27.8. The Labute approximate surface area is 224 Å². The molecule has 1 aromatic heterocycles. The number of halogens is 3. The second kappa shape index (κ2) is 10.1. The predicted octanol–water partition coefficient (Wildman–Crippen LogP) is 7.72. The molecule has 198 valence electrons. The highest BCUT2D eigenvalue weighted by molar-refractivity contribution is 7.88. The molecule has 4 aromatic carbocycles. The van der Waals surface area contributed by atoms with E-state index in [9.17, 15) is 21.6 Å². The molecule has 0 aliphatic heterocycles. The number of nitrogens with zero attached hydrogens (tertiary/aromatic N) is 2. The molecule has 0 bridgehead atoms. The molecule has 9 heteroatoms. The van der Waals surface area contributed by atoms with Gasteiger partial charge in [0.1, 0.15) is 5.82 Å². The van der Waals surface area contributed by atoms with Gasteiger partial charge in [-0.2, -0.15) is 21.6 Å². The van der Waals surface area contributed by atoms with E-state index in [1.807, 2.05) is 97.3 Å². The van der Waals surface area contributed by atoms with E-state index in [1.54, 1.807) is 6.07 Å². The van der Waals surface area contributed by atoms with Crippen LogP contribution < -0.4 is 4.18 Å². The fourth-order valence-corrected chi connectivity index (χ4v) is 4.69. The zero-order valence-electron chi connectivity index (χ0n) is 21.0. The zero-order valence-corrected chi connectivity index (χ0v) is 21.8. The first kappa shape index (κ1) is 26.2. The van der Waals surface area contributed by atoms with Crippen LogP contribution in [-0.2, 0) is 10.1 Å². The van der Waals surface area contributed by atoms with E-state index in [4.69, 9.17) is 4.98 Å². The molecule has 0 aliphatic rings. The molecule has 0 N–H and O–H groups in total. The molecule has 1 heterocycles. The number of aromatic nitrogens is 2. The van der Waals surface area contributed by atoms with E-state index in [2.05, 4.69) is 4.18 Å². The SMILES string of the molecule is Cc1ccc(-c2nc(-c3ccccc3OS(=O)(=O)C(F)(F)F)n(-c3ccccc3)c2-c2ccc(C)cc2)cc1. The van der Waals surface area contributed by atoms with Crippen molar-refractivity contribution in [3.8, 4) is 45.3 Å². The molecule has 0 saturated carbocycles. The molecule has 0 saturated heterocycles. The number of benzene rings is 4. The van der Waals surface area contributed by atoms with Crippen LogP contribution in [0.4, 0.5) is 13.2 Å². The van der Waals surface area contributed by atoms with Gasteiger partial charge in [0, 0.05) is 16.8 Å². The lowest BCUT2D eigenvalue weighted by molar-refractivity contribution is -0.0499. The van der Waals surface area contributed by atoms with Crippen LogP contribution in [0.2, 0.25) is 0 Å². The number of hydrogen-bond donors (Lipinski definition) is 0. The Hall–Kier alpha value is -4.37. The Bertz CT molecular complexity index is 1730. The highest BCUT2D eigenvalue weighted by Gasteiger charge is 2.49. The number of alkyl halides is 3. The lowest BCUT2D eigenvalue weighted by Crippen LogP contribution is -2.28. The van der Waals surface area contributed by atoms with Gasteiger partial charge in [0.25, 0.3) is 0 Å². The van der Waals surface area contributed by atoms with E-state index in [0.29, 0.717) is 17.1 Å². The van der Waals surface area contributed by atoms with E-state index in [0.717, 1.165) is 22.3 Å². The summed E-state index contributed by atoms with van der Waals surface area (Å²) in [5.74, 6) is -0.261. The van der Waals surface area contributed by atoms with Gasteiger partial charge in [-0.15, -0.1) is 0 Å². The summed E-state index contributed by atoms with van der Waals surface area (Å²) < 4.78 is 70.1. The molecule has 0 unspecified atom stereocenters. The van der Waals surface area contributed by atoms with Gasteiger partial charge in [-0.25, -0.2) is 4.98 Å². The van der Waals surface area contributed by atoms with Crippen LogP contribution in [0.5, 0.6) is 5.75 Å². The van der Waals surface area contributed by atoms with Crippen molar-refractivity contribution >= 4 is 10.1 Å². The maximum atomic E-state index is 13.2. The maximum absolute atomic E-state index is 13.2. The number of hydrogen-bond acceptors (Lipinski definition) is 4. The van der Waals surface area contributed by atoms with E-state index in [-0.39, 0.29) is 11.4 Å². The van der Waals surface area contributed by atoms with Crippen molar-refractivity contribution in [1.29, 1.82) is 0 Å². The molecular formula is C30H23F3N2O3S. The minimum absolute atomic E-state index is 0.0842. The topological polar surface area (TPSA) is 61.2 Å². The standard InChI is InChI=1S/C30H23F3N2O3S/c1-20-12-16-22(17-13-20)27-28(23-18-14-21(2)15-19-23)35(24-8-4-3-5-9-24)29(34-27)25-10-6-7-11-26(25)38-39(36,37)30(31,32)33/h3-19H,1-2H3. The minimum Gasteiger partial charge on any atom is -0.375 e. The van der Waals surface area contributed by atoms with Crippen LogP contribution in [0, 0.1) is 13.8 Å². The van der Waals surface area contributed by atoms with Crippen molar-refractivity contribution in [1.82, 2.24) is 9.55 Å². The third-order valence-corrected chi connectivity index (χ3v) is 7.12. The Balaban J connectivity index is 1.85. The fourth-order valence-electron chi connectivity index (χ4n) is 4.21. The molecule has 39 heavy (non-hydrogen) atoms. The smallest absolute Gasteiger partial charge is 0.375 e. The molecule has 0 aliphatic carbocycles. The van der Waals surface area contributed by atoms with E-state index < -0.39 is 21.4 Å². The number of rotatable bonds is 6. The van der Waals surface area contributed by atoms with Crippen LogP contribution in [-0.4, -0.2) is 23.5 Å². The lowest BCUT2D eigenvalue weighted by Gasteiger charge is -2.16. The molecule has 0 atom stereocenters. The highest BCUT2D eigenvalue weighted by Crippen LogP contribution is 2.42. The summed E-state index contributed by atoms with van der Waals surface area (Å²) in [5.41, 5.74) is 0.151. The van der Waals surface area contributed by atoms with Crippen molar-refractivity contribution < 1.29 is 25.8 Å². The van der Waals surface area contributed by atoms with Crippen LogP contribution in [0.25, 0.3) is 39.6 Å². The van der Waals surface area contributed by atoms with Crippen LogP contribution in [0.15, 0.2) is 103 Å². The molecule has 5 nitrogen and oxygen atoms in total. The monoisotopic (exact) mass is 548 g/mol. The average Bonchev–Trinajstić information content (AvgIpc) is 3.30. The summed E-state index contributed by atoms with van der Waals surface area (Å²) in [6.07, 6.45) is 0. The van der Waals surface area contributed by atoms with Gasteiger partial charge in [-0.1, -0.05) is 90.0 Å². The van der Waals surface area contributed by atoms with E-state index in [1.165, 1.54) is 18.2 Å². The molecule has 0 amide bonds. The lowest BCUT2D eigenvalue weighted by atomic mass is 10.0. The first-order valence-corrected chi connectivity index (χ1v) is 13.4. The summed E-state index contributed by atoms with van der Waals surface area (Å²) in [7, 11) is -5.91. The third kappa shape index (κ3) is 5.18. The normalized spacial score (nSPS) is 11.9. The summed E-state index contributed by atoms with van der Waals surface area (Å²) in [4.78, 5) is 4.92. The number of para-hydroxylation sites is 2. The number of aryl methyl sites for hydroxylation is 2. The quantitative estimate of drug-likeness (QED) is 0.161. The van der Waals surface area contributed by atoms with Crippen LogP contribution in [0.1, 0.15) is 11.1 Å². The molecule has 5 rings (SSSR count). The molecule has 5 aromatic rings. The molecule has 0 fully saturated rings. The van der Waals surface area contributed by atoms with Crippen molar-refractivity contribution in [2.24, 2.45) is 0 Å². The van der Waals surface area contributed by atoms with Gasteiger partial charge in [0.05, 0.1) is 17.0 Å². The summed E-state index contributed by atoms with van der Waals surface area (Å²) in [6, 6.07) is 30.4. The Morgan fingerprint density at radius 3 is 1.85 bits per heavy atom. The van der Waals surface area contributed by atoms with Crippen molar-refractivity contribution in [3.63, 3.8) is 0 Å². The number of imidazole rings is 1. The van der Waals surface area contributed by atoms with Gasteiger partial charge in [-0.05, 0) is 38.1 Å².